The molecule has 19 heavy (non-hydrogen) atoms. The zero-order valence-electron chi connectivity index (χ0n) is 10.9. The van der Waals surface area contributed by atoms with Crippen molar-refractivity contribution in [2.45, 2.75) is 25.8 Å². The Bertz CT molecular complexity index is 528. The Hall–Kier alpha value is -1.42. The molecule has 0 saturated carbocycles. The highest BCUT2D eigenvalue weighted by atomic mass is 35.5. The summed E-state index contributed by atoms with van der Waals surface area (Å²) in [4.78, 5) is 4.01. The molecule has 1 atom stereocenters. The fourth-order valence-corrected chi connectivity index (χ4v) is 2.39. The van der Waals surface area contributed by atoms with Crippen LogP contribution in [0.4, 0.5) is 0 Å². The Kier molecular flexibility index (Phi) is 4.91. The van der Waals surface area contributed by atoms with E-state index in [0.29, 0.717) is 0 Å². The van der Waals surface area contributed by atoms with Crippen LogP contribution in [0.25, 0.3) is 0 Å². The number of aromatic nitrogens is 1. The number of pyridine rings is 1. The molecule has 0 saturated heterocycles. The number of nitrogens with two attached hydrogens (primary N) is 1. The van der Waals surface area contributed by atoms with Gasteiger partial charge in [0.25, 0.3) is 0 Å². The van der Waals surface area contributed by atoms with E-state index in [1.54, 1.807) is 12.4 Å². The summed E-state index contributed by atoms with van der Waals surface area (Å²) in [5, 5.41) is 0.801. The van der Waals surface area contributed by atoms with Gasteiger partial charge in [-0.3, -0.25) is 16.3 Å². The highest BCUT2D eigenvalue weighted by Gasteiger charge is 2.11. The van der Waals surface area contributed by atoms with Gasteiger partial charge in [-0.05, 0) is 54.7 Å². The minimum atomic E-state index is 0.155. The molecule has 0 radical (unpaired) electrons. The van der Waals surface area contributed by atoms with Crippen molar-refractivity contribution < 1.29 is 0 Å². The number of nitrogens with one attached hydrogen (secondary N) is 1. The molecule has 0 aliphatic heterocycles. The van der Waals surface area contributed by atoms with Gasteiger partial charge in [-0.2, -0.15) is 0 Å². The Balaban J connectivity index is 2.06. The van der Waals surface area contributed by atoms with E-state index >= 15 is 0 Å². The Morgan fingerprint density at radius 3 is 2.58 bits per heavy atom. The van der Waals surface area contributed by atoms with Crippen LogP contribution in [0.3, 0.4) is 0 Å². The van der Waals surface area contributed by atoms with E-state index in [1.165, 1.54) is 11.1 Å². The van der Waals surface area contributed by atoms with Crippen molar-refractivity contribution >= 4 is 11.6 Å². The topological polar surface area (TPSA) is 50.9 Å². The molecule has 0 amide bonds. The lowest BCUT2D eigenvalue weighted by molar-refractivity contribution is 0.522. The van der Waals surface area contributed by atoms with Crippen LogP contribution in [0.15, 0.2) is 42.7 Å². The van der Waals surface area contributed by atoms with Crippen molar-refractivity contribution in [1.82, 2.24) is 10.4 Å². The van der Waals surface area contributed by atoms with Crippen LogP contribution in [-0.2, 0) is 12.8 Å². The molecule has 1 heterocycles. The van der Waals surface area contributed by atoms with Gasteiger partial charge in [-0.15, -0.1) is 0 Å². The average molecular weight is 276 g/mol. The molecule has 3 nitrogen and oxygen atoms in total. The monoisotopic (exact) mass is 275 g/mol. The molecule has 1 aromatic heterocycles. The van der Waals surface area contributed by atoms with Crippen LogP contribution in [0, 0.1) is 6.92 Å². The van der Waals surface area contributed by atoms with Crippen molar-refractivity contribution in [1.29, 1.82) is 0 Å². The highest BCUT2D eigenvalue weighted by Crippen LogP contribution is 2.19. The number of hydrogen-bond donors (Lipinski definition) is 2. The lowest BCUT2D eigenvalue weighted by atomic mass is 9.99. The van der Waals surface area contributed by atoms with Crippen LogP contribution in [0.1, 0.15) is 16.7 Å². The standard InChI is InChI=1S/C15H18ClN3/c1-11-2-3-13(15(16)8-11)10-14(19-17)9-12-4-6-18-7-5-12/h2-8,14,19H,9-10,17H2,1H3. The SMILES string of the molecule is Cc1ccc(CC(Cc2ccncc2)NN)c(Cl)c1. The van der Waals surface area contributed by atoms with Gasteiger partial charge in [0.05, 0.1) is 0 Å². The summed E-state index contributed by atoms with van der Waals surface area (Å²) in [6.45, 7) is 2.03. The molecule has 2 rings (SSSR count). The Morgan fingerprint density at radius 2 is 1.95 bits per heavy atom. The van der Waals surface area contributed by atoms with Crippen molar-refractivity contribution in [3.8, 4) is 0 Å². The molecule has 1 unspecified atom stereocenters. The first-order valence-corrected chi connectivity index (χ1v) is 6.67. The van der Waals surface area contributed by atoms with Gasteiger partial charge in [-0.1, -0.05) is 23.7 Å². The maximum Gasteiger partial charge on any atom is 0.0441 e. The predicted molar refractivity (Wildman–Crippen MR) is 78.9 cm³/mol. The van der Waals surface area contributed by atoms with Crippen molar-refractivity contribution in [3.05, 3.63) is 64.4 Å². The molecule has 0 aliphatic rings. The van der Waals surface area contributed by atoms with Gasteiger partial charge >= 0.3 is 0 Å². The lowest BCUT2D eigenvalue weighted by Gasteiger charge is -2.17. The van der Waals surface area contributed by atoms with Crippen molar-refractivity contribution in [2.24, 2.45) is 5.84 Å². The van der Waals surface area contributed by atoms with Crippen LogP contribution in [-0.4, -0.2) is 11.0 Å². The van der Waals surface area contributed by atoms with Crippen molar-refractivity contribution in [2.75, 3.05) is 0 Å². The summed E-state index contributed by atoms with van der Waals surface area (Å²) in [6.07, 6.45) is 5.24. The number of hydrogen-bond acceptors (Lipinski definition) is 3. The third kappa shape index (κ3) is 4.03. The van der Waals surface area contributed by atoms with E-state index in [2.05, 4.69) is 22.5 Å². The van der Waals surface area contributed by atoms with Gasteiger partial charge in [0, 0.05) is 23.5 Å². The van der Waals surface area contributed by atoms with E-state index in [-0.39, 0.29) is 6.04 Å². The second-order valence-corrected chi connectivity index (χ2v) is 5.13. The number of aryl methyl sites for hydroxylation is 1. The normalized spacial score (nSPS) is 12.4. The Morgan fingerprint density at radius 1 is 1.21 bits per heavy atom. The second-order valence-electron chi connectivity index (χ2n) is 4.72. The maximum atomic E-state index is 6.25. The van der Waals surface area contributed by atoms with Crippen LogP contribution >= 0.6 is 11.6 Å². The minimum Gasteiger partial charge on any atom is -0.271 e. The zero-order chi connectivity index (χ0) is 13.7. The predicted octanol–water partition coefficient (Wildman–Crippen LogP) is 2.66. The third-order valence-electron chi connectivity index (χ3n) is 3.14. The third-order valence-corrected chi connectivity index (χ3v) is 3.49. The average Bonchev–Trinajstić information content (AvgIpc) is 2.42. The molecule has 0 aliphatic carbocycles. The van der Waals surface area contributed by atoms with Crippen LogP contribution < -0.4 is 11.3 Å². The number of halogens is 1. The van der Waals surface area contributed by atoms with E-state index in [0.717, 1.165) is 23.4 Å². The summed E-state index contributed by atoms with van der Waals surface area (Å²) in [7, 11) is 0. The lowest BCUT2D eigenvalue weighted by Crippen LogP contribution is -2.38. The molecule has 0 fully saturated rings. The first kappa shape index (κ1) is 14.0. The quantitative estimate of drug-likeness (QED) is 0.652. The smallest absolute Gasteiger partial charge is 0.0441 e. The molecule has 1 aromatic carbocycles. The summed E-state index contributed by atoms with van der Waals surface area (Å²) >= 11 is 6.25. The fourth-order valence-electron chi connectivity index (χ4n) is 2.08. The minimum absolute atomic E-state index is 0.155. The molecular weight excluding hydrogens is 258 g/mol. The van der Waals surface area contributed by atoms with Gasteiger partial charge in [0.15, 0.2) is 0 Å². The van der Waals surface area contributed by atoms with Crippen LogP contribution in [0.2, 0.25) is 5.02 Å². The van der Waals surface area contributed by atoms with E-state index < -0.39 is 0 Å². The summed E-state index contributed by atoms with van der Waals surface area (Å²) in [5.41, 5.74) is 6.35. The molecule has 2 aromatic rings. The largest absolute Gasteiger partial charge is 0.271 e. The summed E-state index contributed by atoms with van der Waals surface area (Å²) < 4.78 is 0. The summed E-state index contributed by atoms with van der Waals surface area (Å²) in [5.74, 6) is 5.64. The van der Waals surface area contributed by atoms with Gasteiger partial charge < -0.3 is 0 Å². The zero-order valence-corrected chi connectivity index (χ0v) is 11.7. The highest BCUT2D eigenvalue weighted by molar-refractivity contribution is 6.31. The van der Waals surface area contributed by atoms with E-state index in [1.807, 2.05) is 25.1 Å². The molecule has 100 valence electrons. The van der Waals surface area contributed by atoms with Gasteiger partial charge in [0.1, 0.15) is 0 Å². The Labute approximate surface area is 118 Å². The molecular formula is C15H18ClN3. The van der Waals surface area contributed by atoms with Gasteiger partial charge in [-0.25, -0.2) is 0 Å². The van der Waals surface area contributed by atoms with Crippen molar-refractivity contribution in [3.63, 3.8) is 0 Å². The number of hydrazine groups is 1. The first-order valence-electron chi connectivity index (χ1n) is 6.29. The number of rotatable bonds is 5. The molecule has 0 spiro atoms. The molecule has 0 bridgehead atoms. The second kappa shape index (κ2) is 6.66. The number of benzene rings is 1. The molecule has 4 heteroatoms. The molecule has 3 N–H and O–H groups in total. The van der Waals surface area contributed by atoms with Gasteiger partial charge in [0.2, 0.25) is 0 Å². The fraction of sp³-hybridized carbons (Fsp3) is 0.267. The maximum absolute atomic E-state index is 6.25. The van der Waals surface area contributed by atoms with E-state index in [4.69, 9.17) is 17.4 Å². The number of nitrogens with zero attached hydrogens (tertiary/aromatic N) is 1. The summed E-state index contributed by atoms with van der Waals surface area (Å²) in [6, 6.07) is 10.3. The van der Waals surface area contributed by atoms with E-state index in [9.17, 15) is 0 Å². The first-order chi connectivity index (χ1) is 9.19. The van der Waals surface area contributed by atoms with Crippen LogP contribution in [0.5, 0.6) is 0 Å².